The summed E-state index contributed by atoms with van der Waals surface area (Å²) in [5, 5.41) is 0.433. The molecule has 1 aromatic rings. The first-order valence-corrected chi connectivity index (χ1v) is 13.1. The molecule has 0 radical (unpaired) electrons. The van der Waals surface area contributed by atoms with Gasteiger partial charge in [0.15, 0.2) is 15.0 Å². The Morgan fingerprint density at radius 3 is 2.67 bits per heavy atom. The largest absolute Gasteiger partial charge is 0.497 e. The lowest BCUT2D eigenvalue weighted by molar-refractivity contribution is -0.118. The molecule has 1 amide bonds. The summed E-state index contributed by atoms with van der Waals surface area (Å²) in [5.41, 5.74) is 0.706. The second kappa shape index (κ2) is 8.78. The van der Waals surface area contributed by atoms with Crippen molar-refractivity contribution in [2.24, 2.45) is 10.9 Å². The third kappa shape index (κ3) is 4.46. The fourth-order valence-electron chi connectivity index (χ4n) is 4.62. The monoisotopic (exact) mass is 452 g/mol. The molecule has 3 fully saturated rings. The Labute approximate surface area is 182 Å². The predicted octanol–water partition coefficient (Wildman–Crippen LogP) is 3.28. The first-order chi connectivity index (χ1) is 14.4. The van der Waals surface area contributed by atoms with Gasteiger partial charge in [0.25, 0.3) is 0 Å². The van der Waals surface area contributed by atoms with E-state index in [9.17, 15) is 13.2 Å². The number of hydrogen-bond donors (Lipinski definition) is 0. The van der Waals surface area contributed by atoms with Crippen LogP contribution in [-0.4, -0.2) is 56.5 Å². The van der Waals surface area contributed by atoms with E-state index >= 15 is 0 Å². The van der Waals surface area contributed by atoms with Crippen LogP contribution < -0.4 is 14.4 Å². The van der Waals surface area contributed by atoms with Crippen LogP contribution in [0.4, 0.5) is 5.69 Å². The van der Waals surface area contributed by atoms with Crippen LogP contribution in [0.5, 0.6) is 11.5 Å². The summed E-state index contributed by atoms with van der Waals surface area (Å²) in [6.45, 7) is 0. The van der Waals surface area contributed by atoms with Gasteiger partial charge in [-0.3, -0.25) is 4.79 Å². The van der Waals surface area contributed by atoms with Crippen LogP contribution in [0.2, 0.25) is 0 Å². The number of thioether (sulfide) groups is 1. The van der Waals surface area contributed by atoms with Gasteiger partial charge in [-0.25, -0.2) is 8.42 Å². The first kappa shape index (κ1) is 21.5. The number of methoxy groups -OCH3 is 2. The number of carbonyl (C=O) groups excluding carboxylic acids is 1. The minimum atomic E-state index is -3.12. The van der Waals surface area contributed by atoms with Gasteiger partial charge in [-0.2, -0.15) is 4.99 Å². The predicted molar refractivity (Wildman–Crippen MR) is 119 cm³/mol. The zero-order valence-electron chi connectivity index (χ0n) is 17.4. The molecule has 1 aliphatic carbocycles. The molecule has 164 valence electrons. The standard InChI is InChI=1S/C21H28N2O5S2/c1-27-15-8-9-16(18(11-15)28-2)23-17-12-30(25,26)13-19(17)29-21(23)22-20(24)10-7-14-5-3-4-6-14/h8-9,11,14,17,19H,3-7,10,12-13H2,1-2H3/t17-,19+/m0/s1. The van der Waals surface area contributed by atoms with E-state index in [4.69, 9.17) is 9.47 Å². The minimum Gasteiger partial charge on any atom is -0.497 e. The number of nitrogens with zero attached hydrogens (tertiary/aromatic N) is 2. The molecule has 0 bridgehead atoms. The van der Waals surface area contributed by atoms with Gasteiger partial charge >= 0.3 is 0 Å². The molecule has 0 spiro atoms. The van der Waals surface area contributed by atoms with E-state index in [1.165, 1.54) is 37.4 Å². The third-order valence-electron chi connectivity index (χ3n) is 6.17. The van der Waals surface area contributed by atoms with Crippen molar-refractivity contribution in [3.63, 3.8) is 0 Å². The van der Waals surface area contributed by atoms with Crippen LogP contribution in [0.15, 0.2) is 23.2 Å². The number of amidine groups is 1. The van der Waals surface area contributed by atoms with Gasteiger partial charge in [-0.05, 0) is 24.5 Å². The van der Waals surface area contributed by atoms with Crippen molar-refractivity contribution in [2.75, 3.05) is 30.6 Å². The van der Waals surface area contributed by atoms with Crippen LogP contribution in [0.1, 0.15) is 38.5 Å². The SMILES string of the molecule is COc1ccc(N2C(=NC(=O)CCC3CCCC3)S[C@@H]3CS(=O)(=O)C[C@@H]32)c(OC)c1. The highest BCUT2D eigenvalue weighted by Crippen LogP contribution is 2.44. The van der Waals surface area contributed by atoms with Crippen molar-refractivity contribution in [1.29, 1.82) is 0 Å². The number of anilines is 1. The average molecular weight is 453 g/mol. The van der Waals surface area contributed by atoms with Crippen molar-refractivity contribution in [1.82, 2.24) is 0 Å². The molecule has 2 aliphatic heterocycles. The van der Waals surface area contributed by atoms with Crippen molar-refractivity contribution in [2.45, 2.75) is 49.8 Å². The molecule has 0 N–H and O–H groups in total. The maximum absolute atomic E-state index is 12.6. The molecule has 7 nitrogen and oxygen atoms in total. The van der Waals surface area contributed by atoms with Crippen molar-refractivity contribution >= 4 is 38.4 Å². The number of aliphatic imine (C=N–C) groups is 1. The molecule has 3 aliphatic rings. The summed E-state index contributed by atoms with van der Waals surface area (Å²) in [4.78, 5) is 18.9. The Balaban J connectivity index is 1.62. The fourth-order valence-corrected chi connectivity index (χ4v) is 8.54. The highest BCUT2D eigenvalue weighted by molar-refractivity contribution is 8.16. The van der Waals surface area contributed by atoms with E-state index in [1.807, 2.05) is 11.0 Å². The molecule has 30 heavy (non-hydrogen) atoms. The molecule has 9 heteroatoms. The molecule has 2 atom stereocenters. The van der Waals surface area contributed by atoms with E-state index in [-0.39, 0.29) is 28.7 Å². The van der Waals surface area contributed by atoms with Crippen molar-refractivity contribution in [3.05, 3.63) is 18.2 Å². The second-order valence-corrected chi connectivity index (χ2v) is 11.5. The Morgan fingerprint density at radius 1 is 1.20 bits per heavy atom. The number of sulfone groups is 1. The molecular weight excluding hydrogens is 424 g/mol. The highest BCUT2D eigenvalue weighted by atomic mass is 32.2. The van der Waals surface area contributed by atoms with Crippen LogP contribution in [0, 0.1) is 5.92 Å². The Kier molecular flexibility index (Phi) is 6.29. The summed E-state index contributed by atoms with van der Waals surface area (Å²) < 4.78 is 35.3. The van der Waals surface area contributed by atoms with Gasteiger partial charge in [0.1, 0.15) is 11.5 Å². The van der Waals surface area contributed by atoms with E-state index in [2.05, 4.69) is 4.99 Å². The molecule has 0 unspecified atom stereocenters. The lowest BCUT2D eigenvalue weighted by Gasteiger charge is -2.26. The average Bonchev–Trinajstić information content (AvgIpc) is 3.40. The van der Waals surface area contributed by atoms with Gasteiger partial charge < -0.3 is 14.4 Å². The Hall–Kier alpha value is -1.74. The maximum atomic E-state index is 12.6. The molecule has 0 aromatic heterocycles. The summed E-state index contributed by atoms with van der Waals surface area (Å²) in [7, 11) is 0.0225. The minimum absolute atomic E-state index is 0.0507. The maximum Gasteiger partial charge on any atom is 0.248 e. The van der Waals surface area contributed by atoms with Gasteiger partial charge in [-0.15, -0.1) is 0 Å². The van der Waals surface area contributed by atoms with Crippen LogP contribution >= 0.6 is 11.8 Å². The van der Waals surface area contributed by atoms with Crippen molar-refractivity contribution in [3.8, 4) is 11.5 Å². The summed E-state index contributed by atoms with van der Waals surface area (Å²) in [5.74, 6) is 1.86. The smallest absolute Gasteiger partial charge is 0.248 e. The number of carbonyl (C=O) groups is 1. The molecule has 2 saturated heterocycles. The van der Waals surface area contributed by atoms with E-state index in [0.717, 1.165) is 6.42 Å². The van der Waals surface area contributed by atoms with Gasteiger partial charge in [0, 0.05) is 17.7 Å². The van der Waals surface area contributed by atoms with E-state index < -0.39 is 9.84 Å². The van der Waals surface area contributed by atoms with Crippen LogP contribution in [-0.2, 0) is 14.6 Å². The van der Waals surface area contributed by atoms with Crippen LogP contribution in [0.3, 0.4) is 0 Å². The quantitative estimate of drug-likeness (QED) is 0.655. The fraction of sp³-hybridized carbons (Fsp3) is 0.619. The normalized spacial score (nSPS) is 26.9. The summed E-state index contributed by atoms with van der Waals surface area (Å²) in [6, 6.07) is 5.14. The topological polar surface area (TPSA) is 85.3 Å². The van der Waals surface area contributed by atoms with Gasteiger partial charge in [-0.1, -0.05) is 37.4 Å². The summed E-state index contributed by atoms with van der Waals surface area (Å²) >= 11 is 1.39. The lowest BCUT2D eigenvalue weighted by atomic mass is 10.0. The summed E-state index contributed by atoms with van der Waals surface area (Å²) in [6.07, 6.45) is 6.24. The molecular formula is C21H28N2O5S2. The van der Waals surface area contributed by atoms with E-state index in [1.54, 1.807) is 26.4 Å². The molecule has 2 heterocycles. The van der Waals surface area contributed by atoms with Gasteiger partial charge in [0.05, 0.1) is 37.5 Å². The number of rotatable bonds is 6. The Bertz CT molecular complexity index is 941. The third-order valence-corrected chi connectivity index (χ3v) is 9.38. The van der Waals surface area contributed by atoms with Crippen LogP contribution in [0.25, 0.3) is 0 Å². The number of ether oxygens (including phenoxy) is 2. The highest BCUT2D eigenvalue weighted by Gasteiger charge is 2.50. The first-order valence-electron chi connectivity index (χ1n) is 10.4. The lowest BCUT2D eigenvalue weighted by Crippen LogP contribution is -2.38. The van der Waals surface area contributed by atoms with Gasteiger partial charge in [0.2, 0.25) is 5.91 Å². The molecule has 1 saturated carbocycles. The number of hydrogen-bond acceptors (Lipinski definition) is 6. The second-order valence-electron chi connectivity index (χ2n) is 8.19. The number of benzene rings is 1. The zero-order chi connectivity index (χ0) is 21.3. The molecule has 4 rings (SSSR count). The van der Waals surface area contributed by atoms with E-state index in [0.29, 0.717) is 34.7 Å². The van der Waals surface area contributed by atoms with Crippen molar-refractivity contribution < 1.29 is 22.7 Å². The number of fused-ring (bicyclic) bond motifs is 1. The molecule has 1 aromatic carbocycles. The zero-order valence-corrected chi connectivity index (χ0v) is 19.0. The number of amides is 1. The Morgan fingerprint density at radius 2 is 1.97 bits per heavy atom.